The average molecular weight is 284 g/mol. The Morgan fingerprint density at radius 1 is 1.19 bits per heavy atom. The van der Waals surface area contributed by atoms with Crippen molar-refractivity contribution in [1.29, 1.82) is 0 Å². The van der Waals surface area contributed by atoms with Crippen molar-refractivity contribution in [2.45, 2.75) is 6.42 Å². The Kier molecular flexibility index (Phi) is 3.41. The van der Waals surface area contributed by atoms with Crippen LogP contribution in [0.25, 0.3) is 10.9 Å². The molecule has 2 aromatic carbocycles. The summed E-state index contributed by atoms with van der Waals surface area (Å²) in [5, 5.41) is 9.57. The fraction of sp³-hybridized carbons (Fsp3) is 0.0625. The van der Waals surface area contributed by atoms with E-state index in [-0.39, 0.29) is 5.82 Å². The van der Waals surface area contributed by atoms with Crippen molar-refractivity contribution >= 4 is 16.8 Å². The highest BCUT2D eigenvalue weighted by Gasteiger charge is 2.08. The van der Waals surface area contributed by atoms with Gasteiger partial charge >= 0.3 is 0 Å². The van der Waals surface area contributed by atoms with E-state index in [1.54, 1.807) is 41.9 Å². The van der Waals surface area contributed by atoms with Crippen molar-refractivity contribution in [3.8, 4) is 0 Å². The van der Waals surface area contributed by atoms with Crippen LogP contribution in [-0.2, 0) is 6.42 Å². The van der Waals surface area contributed by atoms with Gasteiger partial charge in [-0.3, -0.25) is 10.0 Å². The van der Waals surface area contributed by atoms with Crippen molar-refractivity contribution in [2.75, 3.05) is 0 Å². The normalized spacial score (nSPS) is 10.8. The summed E-state index contributed by atoms with van der Waals surface area (Å²) in [6.07, 6.45) is 0.447. The molecule has 3 N–H and O–H groups in total. The zero-order valence-electron chi connectivity index (χ0n) is 11.1. The first kappa shape index (κ1) is 13.3. The first-order valence-corrected chi connectivity index (χ1v) is 6.47. The largest absolute Gasteiger partial charge is 0.358 e. The summed E-state index contributed by atoms with van der Waals surface area (Å²) in [4.78, 5) is 14.5. The third-order valence-electron chi connectivity index (χ3n) is 3.38. The second kappa shape index (κ2) is 5.38. The number of fused-ring (bicyclic) bond motifs is 1. The van der Waals surface area contributed by atoms with E-state index in [0.717, 1.165) is 16.6 Å². The van der Waals surface area contributed by atoms with E-state index in [4.69, 9.17) is 5.21 Å². The number of hydrogen-bond acceptors (Lipinski definition) is 2. The molecule has 5 heteroatoms. The summed E-state index contributed by atoms with van der Waals surface area (Å²) in [7, 11) is 0. The molecule has 0 aliphatic rings. The molecule has 0 aliphatic heterocycles. The van der Waals surface area contributed by atoms with Gasteiger partial charge in [-0.05, 0) is 35.2 Å². The maximum absolute atomic E-state index is 13.7. The topological polar surface area (TPSA) is 65.1 Å². The maximum Gasteiger partial charge on any atom is 0.274 e. The molecule has 1 heterocycles. The van der Waals surface area contributed by atoms with Gasteiger partial charge in [-0.15, -0.1) is 0 Å². The molecule has 3 rings (SSSR count). The van der Waals surface area contributed by atoms with E-state index >= 15 is 0 Å². The lowest BCUT2D eigenvalue weighted by Crippen LogP contribution is -2.18. The molecule has 4 nitrogen and oxygen atoms in total. The number of carbonyl (C=O) groups excluding carboxylic acids is 1. The van der Waals surface area contributed by atoms with Gasteiger partial charge in [0.25, 0.3) is 5.91 Å². The molecule has 3 aromatic rings. The molecule has 0 saturated heterocycles. The molecule has 106 valence electrons. The number of rotatable bonds is 3. The Bertz CT molecular complexity index is 811. The third-order valence-corrected chi connectivity index (χ3v) is 3.38. The fourth-order valence-electron chi connectivity index (χ4n) is 2.34. The lowest BCUT2D eigenvalue weighted by atomic mass is 10.1. The number of nitrogens with one attached hydrogen (secondary N) is 2. The Morgan fingerprint density at radius 3 is 2.76 bits per heavy atom. The van der Waals surface area contributed by atoms with E-state index in [1.165, 1.54) is 6.07 Å². The Morgan fingerprint density at radius 2 is 2.00 bits per heavy atom. The minimum atomic E-state index is -0.567. The van der Waals surface area contributed by atoms with Gasteiger partial charge in [0.05, 0.1) is 0 Å². The van der Waals surface area contributed by atoms with Crippen LogP contribution in [0.2, 0.25) is 0 Å². The van der Waals surface area contributed by atoms with Gasteiger partial charge in [0, 0.05) is 23.2 Å². The van der Waals surface area contributed by atoms with Crippen LogP contribution in [-0.4, -0.2) is 16.1 Å². The number of carbonyl (C=O) groups is 1. The standard InChI is InChI=1S/C16H13FN2O2/c17-14-4-2-1-3-10(14)7-13-8-11-5-6-12(16(20)19-21)9-15(11)18-13/h1-6,8-9,18,21H,7H2,(H,19,20). The van der Waals surface area contributed by atoms with Crippen molar-refractivity contribution in [3.63, 3.8) is 0 Å². The average Bonchev–Trinajstić information content (AvgIpc) is 2.90. The van der Waals surface area contributed by atoms with Gasteiger partial charge < -0.3 is 4.98 Å². The number of aromatic amines is 1. The second-order valence-electron chi connectivity index (χ2n) is 4.81. The molecule has 0 unspecified atom stereocenters. The number of H-pyrrole nitrogens is 1. The number of amides is 1. The summed E-state index contributed by atoms with van der Waals surface area (Å²) in [6.45, 7) is 0. The van der Waals surface area contributed by atoms with E-state index < -0.39 is 5.91 Å². The molecule has 0 radical (unpaired) electrons. The Balaban J connectivity index is 1.94. The number of halogens is 1. The zero-order chi connectivity index (χ0) is 14.8. The van der Waals surface area contributed by atoms with Crippen LogP contribution in [0.5, 0.6) is 0 Å². The first-order chi connectivity index (χ1) is 10.2. The molecular formula is C16H13FN2O2. The third kappa shape index (κ3) is 2.64. The van der Waals surface area contributed by atoms with Crippen molar-refractivity contribution in [2.24, 2.45) is 0 Å². The number of aromatic nitrogens is 1. The van der Waals surface area contributed by atoms with Crippen LogP contribution in [0, 0.1) is 5.82 Å². The lowest BCUT2D eigenvalue weighted by molar-refractivity contribution is 0.0706. The van der Waals surface area contributed by atoms with Crippen molar-refractivity contribution in [3.05, 3.63) is 71.2 Å². The van der Waals surface area contributed by atoms with Gasteiger partial charge in [-0.25, -0.2) is 9.87 Å². The molecule has 0 bridgehead atoms. The zero-order valence-corrected chi connectivity index (χ0v) is 11.1. The van der Waals surface area contributed by atoms with Gasteiger partial charge in [-0.2, -0.15) is 0 Å². The van der Waals surface area contributed by atoms with Crippen molar-refractivity contribution < 1.29 is 14.4 Å². The molecular weight excluding hydrogens is 271 g/mol. The number of hydroxylamine groups is 1. The molecule has 1 amide bonds. The molecule has 0 spiro atoms. The summed E-state index contributed by atoms with van der Waals surface area (Å²) < 4.78 is 13.7. The molecule has 0 atom stereocenters. The lowest BCUT2D eigenvalue weighted by Gasteiger charge is -2.00. The predicted molar refractivity (Wildman–Crippen MR) is 76.8 cm³/mol. The van der Waals surface area contributed by atoms with Gasteiger partial charge in [0.2, 0.25) is 0 Å². The van der Waals surface area contributed by atoms with Gasteiger partial charge in [0.15, 0.2) is 0 Å². The maximum atomic E-state index is 13.7. The van der Waals surface area contributed by atoms with Gasteiger partial charge in [0.1, 0.15) is 5.82 Å². The van der Waals surface area contributed by atoms with Crippen LogP contribution in [0.15, 0.2) is 48.5 Å². The Labute approximate surface area is 120 Å². The number of hydrogen-bond donors (Lipinski definition) is 3. The fourth-order valence-corrected chi connectivity index (χ4v) is 2.34. The predicted octanol–water partition coefficient (Wildman–Crippen LogP) is 3.02. The summed E-state index contributed by atoms with van der Waals surface area (Å²) in [5.74, 6) is -0.807. The monoisotopic (exact) mass is 284 g/mol. The summed E-state index contributed by atoms with van der Waals surface area (Å²) in [6, 6.07) is 13.6. The quantitative estimate of drug-likeness (QED) is 0.511. The van der Waals surface area contributed by atoms with Crippen LogP contribution in [0.4, 0.5) is 4.39 Å². The summed E-state index contributed by atoms with van der Waals surface area (Å²) in [5.41, 5.74) is 4.18. The molecule has 21 heavy (non-hydrogen) atoms. The second-order valence-corrected chi connectivity index (χ2v) is 4.81. The highest BCUT2D eigenvalue weighted by Crippen LogP contribution is 2.20. The van der Waals surface area contributed by atoms with E-state index in [1.807, 2.05) is 6.07 Å². The van der Waals surface area contributed by atoms with E-state index in [2.05, 4.69) is 4.98 Å². The highest BCUT2D eigenvalue weighted by atomic mass is 19.1. The highest BCUT2D eigenvalue weighted by molar-refractivity contribution is 5.97. The summed E-state index contributed by atoms with van der Waals surface area (Å²) >= 11 is 0. The van der Waals surface area contributed by atoms with Crippen LogP contribution in [0.1, 0.15) is 21.6 Å². The first-order valence-electron chi connectivity index (χ1n) is 6.47. The molecule has 0 fully saturated rings. The Hall–Kier alpha value is -2.66. The number of benzene rings is 2. The molecule has 0 aliphatic carbocycles. The van der Waals surface area contributed by atoms with Crippen LogP contribution < -0.4 is 5.48 Å². The van der Waals surface area contributed by atoms with Crippen LogP contribution in [0.3, 0.4) is 0 Å². The minimum absolute atomic E-state index is 0.239. The molecule has 0 saturated carbocycles. The van der Waals surface area contributed by atoms with E-state index in [0.29, 0.717) is 17.5 Å². The SMILES string of the molecule is O=C(NO)c1ccc2cc(Cc3ccccc3F)[nH]c2c1. The van der Waals surface area contributed by atoms with Crippen LogP contribution >= 0.6 is 0 Å². The van der Waals surface area contributed by atoms with E-state index in [9.17, 15) is 9.18 Å². The van der Waals surface area contributed by atoms with Crippen molar-refractivity contribution in [1.82, 2.24) is 10.5 Å². The van der Waals surface area contributed by atoms with Gasteiger partial charge in [-0.1, -0.05) is 24.3 Å². The molecule has 1 aromatic heterocycles. The minimum Gasteiger partial charge on any atom is -0.358 e. The smallest absolute Gasteiger partial charge is 0.274 e.